The first-order chi connectivity index (χ1) is 9.15. The number of nitrogens with one attached hydrogen (secondary N) is 1. The molecular weight excluding hydrogens is 311 g/mol. The van der Waals surface area contributed by atoms with Gasteiger partial charge in [-0.1, -0.05) is 12.1 Å². The Labute approximate surface area is 119 Å². The van der Waals surface area contributed by atoms with Crippen LogP contribution in [0.1, 0.15) is 15.9 Å². The summed E-state index contributed by atoms with van der Waals surface area (Å²) in [6, 6.07) is 9.66. The topological polar surface area (TPSA) is 42.0 Å². The molecule has 0 fully saturated rings. The molecule has 0 aliphatic carbocycles. The average molecular weight is 323 g/mol. The van der Waals surface area contributed by atoms with E-state index in [1.807, 2.05) is 0 Å². The van der Waals surface area contributed by atoms with E-state index < -0.39 is 0 Å². The Morgan fingerprint density at radius 1 is 1.21 bits per heavy atom. The number of benzene rings is 1. The largest absolute Gasteiger partial charge is 0.352 e. The van der Waals surface area contributed by atoms with Gasteiger partial charge in [0.1, 0.15) is 10.4 Å². The number of carbonyl (C=O) groups excluding carboxylic acids is 1. The van der Waals surface area contributed by atoms with Crippen molar-refractivity contribution < 1.29 is 9.18 Å². The molecule has 1 heterocycles. The molecule has 3 nitrogen and oxygen atoms in total. The third kappa shape index (κ3) is 4.13. The summed E-state index contributed by atoms with van der Waals surface area (Å²) in [7, 11) is 0. The molecular formula is C14H12BrFN2O. The van der Waals surface area contributed by atoms with Gasteiger partial charge in [-0.3, -0.25) is 4.79 Å². The highest BCUT2D eigenvalue weighted by Crippen LogP contribution is 2.06. The Morgan fingerprint density at radius 2 is 1.95 bits per heavy atom. The van der Waals surface area contributed by atoms with Gasteiger partial charge in [-0.2, -0.15) is 0 Å². The fraction of sp³-hybridized carbons (Fsp3) is 0.143. The number of carbonyl (C=O) groups is 1. The lowest BCUT2D eigenvalue weighted by atomic mass is 10.1. The fourth-order valence-electron chi connectivity index (χ4n) is 1.58. The highest BCUT2D eigenvalue weighted by Gasteiger charge is 2.05. The molecule has 0 radical (unpaired) electrons. The van der Waals surface area contributed by atoms with Crippen molar-refractivity contribution >= 4 is 21.8 Å². The fourth-order valence-corrected chi connectivity index (χ4v) is 1.82. The van der Waals surface area contributed by atoms with Crippen LogP contribution in [0.2, 0.25) is 0 Å². The molecule has 1 N–H and O–H groups in total. The third-order valence-corrected chi connectivity index (χ3v) is 3.07. The number of nitrogens with zero attached hydrogens (tertiary/aromatic N) is 1. The molecule has 0 unspecified atom stereocenters. The van der Waals surface area contributed by atoms with Crippen molar-refractivity contribution in [1.29, 1.82) is 0 Å². The summed E-state index contributed by atoms with van der Waals surface area (Å²) in [6.07, 6.45) is 2.17. The predicted molar refractivity (Wildman–Crippen MR) is 74.4 cm³/mol. The van der Waals surface area contributed by atoms with Crippen LogP contribution in [0.4, 0.5) is 4.39 Å². The highest BCUT2D eigenvalue weighted by molar-refractivity contribution is 9.10. The molecule has 0 atom stereocenters. The van der Waals surface area contributed by atoms with Crippen LogP contribution in [-0.4, -0.2) is 17.4 Å². The maximum absolute atomic E-state index is 12.7. The Morgan fingerprint density at radius 3 is 2.58 bits per heavy atom. The van der Waals surface area contributed by atoms with E-state index in [0.717, 1.165) is 5.56 Å². The molecule has 0 aliphatic heterocycles. The second-order valence-electron chi connectivity index (χ2n) is 4.00. The van der Waals surface area contributed by atoms with Gasteiger partial charge in [0.2, 0.25) is 0 Å². The van der Waals surface area contributed by atoms with E-state index in [1.54, 1.807) is 24.3 Å². The minimum absolute atomic E-state index is 0.165. The minimum atomic E-state index is -0.256. The molecule has 0 spiro atoms. The molecule has 2 aromatic rings. The van der Waals surface area contributed by atoms with E-state index in [0.29, 0.717) is 23.1 Å². The molecule has 2 rings (SSSR count). The van der Waals surface area contributed by atoms with E-state index in [2.05, 4.69) is 26.2 Å². The van der Waals surface area contributed by atoms with Crippen molar-refractivity contribution in [2.24, 2.45) is 0 Å². The van der Waals surface area contributed by atoms with Crippen LogP contribution in [0.15, 0.2) is 47.2 Å². The lowest BCUT2D eigenvalue weighted by Crippen LogP contribution is -2.25. The van der Waals surface area contributed by atoms with Crippen molar-refractivity contribution in [3.05, 3.63) is 64.1 Å². The molecule has 19 heavy (non-hydrogen) atoms. The SMILES string of the molecule is O=C(NCCc1ccc(F)cc1)c1ccc(Br)nc1. The summed E-state index contributed by atoms with van der Waals surface area (Å²) in [4.78, 5) is 15.8. The Kier molecular flexibility index (Phi) is 4.63. The van der Waals surface area contributed by atoms with Gasteiger partial charge in [0.05, 0.1) is 5.56 Å². The molecule has 98 valence electrons. The zero-order valence-corrected chi connectivity index (χ0v) is 11.7. The van der Waals surface area contributed by atoms with Crippen LogP contribution in [0.5, 0.6) is 0 Å². The number of hydrogen-bond donors (Lipinski definition) is 1. The quantitative estimate of drug-likeness (QED) is 0.879. The predicted octanol–water partition coefficient (Wildman–Crippen LogP) is 2.96. The minimum Gasteiger partial charge on any atom is -0.352 e. The Bertz CT molecular complexity index is 555. The van der Waals surface area contributed by atoms with E-state index in [-0.39, 0.29) is 11.7 Å². The van der Waals surface area contributed by atoms with Crippen LogP contribution in [0, 0.1) is 5.82 Å². The van der Waals surface area contributed by atoms with Crippen LogP contribution < -0.4 is 5.32 Å². The first kappa shape index (κ1) is 13.7. The summed E-state index contributed by atoms with van der Waals surface area (Å²) in [5.74, 6) is -0.421. The van der Waals surface area contributed by atoms with Gasteiger partial charge in [0.25, 0.3) is 5.91 Å². The van der Waals surface area contributed by atoms with E-state index in [9.17, 15) is 9.18 Å². The normalized spacial score (nSPS) is 10.2. The zero-order chi connectivity index (χ0) is 13.7. The number of rotatable bonds is 4. The molecule has 5 heteroatoms. The Hall–Kier alpha value is -1.75. The molecule has 0 saturated carbocycles. The molecule has 0 aliphatic rings. The van der Waals surface area contributed by atoms with Gasteiger partial charge in [0.15, 0.2) is 0 Å². The van der Waals surface area contributed by atoms with Crippen molar-refractivity contribution in [3.8, 4) is 0 Å². The van der Waals surface area contributed by atoms with E-state index in [4.69, 9.17) is 0 Å². The van der Waals surface area contributed by atoms with Gasteiger partial charge >= 0.3 is 0 Å². The van der Waals surface area contributed by atoms with Gasteiger partial charge in [-0.25, -0.2) is 9.37 Å². The van der Waals surface area contributed by atoms with Crippen molar-refractivity contribution in [2.75, 3.05) is 6.54 Å². The molecule has 1 aromatic heterocycles. The second kappa shape index (κ2) is 6.43. The monoisotopic (exact) mass is 322 g/mol. The van der Waals surface area contributed by atoms with Crippen LogP contribution in [0.25, 0.3) is 0 Å². The van der Waals surface area contributed by atoms with E-state index >= 15 is 0 Å². The van der Waals surface area contributed by atoms with Crippen LogP contribution in [-0.2, 0) is 6.42 Å². The molecule has 1 aromatic carbocycles. The zero-order valence-electron chi connectivity index (χ0n) is 10.1. The molecule has 0 bridgehead atoms. The lowest BCUT2D eigenvalue weighted by Gasteiger charge is -2.05. The third-order valence-electron chi connectivity index (χ3n) is 2.60. The van der Waals surface area contributed by atoms with Crippen LogP contribution >= 0.6 is 15.9 Å². The summed E-state index contributed by atoms with van der Waals surface area (Å²) in [6.45, 7) is 0.501. The molecule has 1 amide bonds. The van der Waals surface area contributed by atoms with Crippen LogP contribution in [0.3, 0.4) is 0 Å². The first-order valence-corrected chi connectivity index (χ1v) is 6.58. The summed E-state index contributed by atoms with van der Waals surface area (Å²) in [5.41, 5.74) is 1.50. The van der Waals surface area contributed by atoms with Crippen molar-refractivity contribution in [3.63, 3.8) is 0 Å². The highest BCUT2D eigenvalue weighted by atomic mass is 79.9. The van der Waals surface area contributed by atoms with Gasteiger partial charge in [-0.15, -0.1) is 0 Å². The summed E-state index contributed by atoms with van der Waals surface area (Å²) < 4.78 is 13.4. The summed E-state index contributed by atoms with van der Waals surface area (Å²) in [5, 5.41) is 2.79. The van der Waals surface area contributed by atoms with Gasteiger partial charge < -0.3 is 5.32 Å². The van der Waals surface area contributed by atoms with E-state index in [1.165, 1.54) is 18.3 Å². The van der Waals surface area contributed by atoms with Gasteiger partial charge in [-0.05, 0) is 52.2 Å². The van der Waals surface area contributed by atoms with Crippen molar-refractivity contribution in [1.82, 2.24) is 10.3 Å². The average Bonchev–Trinajstić information content (AvgIpc) is 2.41. The number of pyridine rings is 1. The Balaban J connectivity index is 1.84. The lowest BCUT2D eigenvalue weighted by molar-refractivity contribution is 0.0953. The molecule has 0 saturated heterocycles. The second-order valence-corrected chi connectivity index (χ2v) is 4.81. The van der Waals surface area contributed by atoms with Crippen molar-refractivity contribution in [2.45, 2.75) is 6.42 Å². The number of hydrogen-bond acceptors (Lipinski definition) is 2. The maximum Gasteiger partial charge on any atom is 0.252 e. The van der Waals surface area contributed by atoms with Gasteiger partial charge in [0, 0.05) is 12.7 Å². The number of halogens is 2. The standard InChI is InChI=1S/C14H12BrFN2O/c15-13-6-3-11(9-18-13)14(19)17-8-7-10-1-4-12(16)5-2-10/h1-6,9H,7-8H2,(H,17,19). The number of amides is 1. The maximum atomic E-state index is 12.7. The first-order valence-electron chi connectivity index (χ1n) is 5.79. The number of aromatic nitrogens is 1. The summed E-state index contributed by atoms with van der Waals surface area (Å²) >= 11 is 3.21. The smallest absolute Gasteiger partial charge is 0.252 e.